The predicted octanol–water partition coefficient (Wildman–Crippen LogP) is 5.89. The maximum Gasteiger partial charge on any atom is 0.335 e. The van der Waals surface area contributed by atoms with Crippen molar-refractivity contribution in [1.82, 2.24) is 5.32 Å². The predicted molar refractivity (Wildman–Crippen MR) is 128 cm³/mol. The van der Waals surface area contributed by atoms with Crippen LogP contribution in [0, 0.1) is 0 Å². The molecule has 0 bridgehead atoms. The number of amides is 4. The van der Waals surface area contributed by atoms with E-state index in [1.807, 2.05) is 6.07 Å². The van der Waals surface area contributed by atoms with Crippen molar-refractivity contribution < 1.29 is 19.1 Å². The molecule has 6 nitrogen and oxygen atoms in total. The molecule has 0 saturated carbocycles. The van der Waals surface area contributed by atoms with Crippen LogP contribution in [0.5, 0.6) is 5.75 Å². The van der Waals surface area contributed by atoms with Gasteiger partial charge in [-0.1, -0.05) is 53.0 Å². The summed E-state index contributed by atoms with van der Waals surface area (Å²) in [6, 6.07) is 17.3. The van der Waals surface area contributed by atoms with Crippen LogP contribution in [0.4, 0.5) is 10.5 Å². The van der Waals surface area contributed by atoms with Gasteiger partial charge in [-0.3, -0.25) is 14.9 Å². The third kappa shape index (κ3) is 5.20. The van der Waals surface area contributed by atoms with E-state index < -0.39 is 17.8 Å². The van der Waals surface area contributed by atoms with Gasteiger partial charge in [-0.25, -0.2) is 9.69 Å². The van der Waals surface area contributed by atoms with Gasteiger partial charge in [0.15, 0.2) is 0 Å². The van der Waals surface area contributed by atoms with E-state index in [4.69, 9.17) is 39.5 Å². The highest BCUT2D eigenvalue weighted by Crippen LogP contribution is 2.29. The van der Waals surface area contributed by atoms with Crippen molar-refractivity contribution in [2.24, 2.45) is 0 Å². The molecule has 1 N–H and O–H groups in total. The Morgan fingerprint density at radius 1 is 0.848 bits per heavy atom. The first-order valence-electron chi connectivity index (χ1n) is 9.65. The van der Waals surface area contributed by atoms with E-state index in [1.54, 1.807) is 48.5 Å². The Balaban J connectivity index is 1.68. The molecule has 33 heavy (non-hydrogen) atoms. The lowest BCUT2D eigenvalue weighted by Crippen LogP contribution is -2.54. The van der Waals surface area contributed by atoms with Crippen LogP contribution < -0.4 is 15.0 Å². The summed E-state index contributed by atoms with van der Waals surface area (Å²) >= 11 is 18.2. The first kappa shape index (κ1) is 22.9. The fourth-order valence-electron chi connectivity index (χ4n) is 3.21. The van der Waals surface area contributed by atoms with Crippen LogP contribution in [0.25, 0.3) is 6.08 Å². The normalized spacial score (nSPS) is 15.1. The van der Waals surface area contributed by atoms with Crippen LogP contribution in [0.3, 0.4) is 0 Å². The van der Waals surface area contributed by atoms with Crippen molar-refractivity contribution in [3.05, 3.63) is 98.5 Å². The first-order chi connectivity index (χ1) is 15.8. The monoisotopic (exact) mass is 500 g/mol. The highest BCUT2D eigenvalue weighted by Gasteiger charge is 2.37. The number of anilines is 1. The number of nitrogens with one attached hydrogen (secondary N) is 1. The van der Waals surface area contributed by atoms with Crippen molar-refractivity contribution in [2.75, 3.05) is 4.90 Å². The molecule has 0 aliphatic carbocycles. The molecular weight excluding hydrogens is 487 g/mol. The average Bonchev–Trinajstić information content (AvgIpc) is 2.76. The second kappa shape index (κ2) is 9.67. The van der Waals surface area contributed by atoms with E-state index >= 15 is 0 Å². The molecule has 1 aliphatic rings. The Morgan fingerprint density at radius 2 is 1.55 bits per heavy atom. The van der Waals surface area contributed by atoms with Gasteiger partial charge in [0.1, 0.15) is 17.9 Å². The average molecular weight is 502 g/mol. The summed E-state index contributed by atoms with van der Waals surface area (Å²) in [6.07, 6.45) is 1.33. The molecule has 166 valence electrons. The summed E-state index contributed by atoms with van der Waals surface area (Å²) in [5, 5.41) is 3.46. The number of ether oxygens (including phenoxy) is 1. The summed E-state index contributed by atoms with van der Waals surface area (Å²) in [5.41, 5.74) is 1.19. The number of rotatable bonds is 5. The van der Waals surface area contributed by atoms with Crippen LogP contribution in [0.15, 0.2) is 72.3 Å². The van der Waals surface area contributed by atoms with Gasteiger partial charge >= 0.3 is 6.03 Å². The Bertz CT molecular complexity index is 1310. The highest BCUT2D eigenvalue weighted by atomic mass is 35.5. The van der Waals surface area contributed by atoms with Gasteiger partial charge in [-0.15, -0.1) is 0 Å². The van der Waals surface area contributed by atoms with E-state index in [0.29, 0.717) is 26.4 Å². The van der Waals surface area contributed by atoms with Gasteiger partial charge in [0.25, 0.3) is 11.8 Å². The van der Waals surface area contributed by atoms with Gasteiger partial charge in [0, 0.05) is 20.6 Å². The minimum absolute atomic E-state index is 0.200. The summed E-state index contributed by atoms with van der Waals surface area (Å²) in [6.45, 7) is 0.200. The summed E-state index contributed by atoms with van der Waals surface area (Å²) in [5.74, 6) is -1.24. The van der Waals surface area contributed by atoms with Gasteiger partial charge in [-0.2, -0.15) is 0 Å². The van der Waals surface area contributed by atoms with Crippen LogP contribution in [-0.4, -0.2) is 17.8 Å². The first-order valence-corrected chi connectivity index (χ1v) is 10.8. The number of carbonyl (C=O) groups excluding carboxylic acids is 3. The molecule has 1 fully saturated rings. The highest BCUT2D eigenvalue weighted by molar-refractivity contribution is 6.39. The van der Waals surface area contributed by atoms with Crippen LogP contribution in [-0.2, 0) is 16.2 Å². The van der Waals surface area contributed by atoms with Crippen LogP contribution >= 0.6 is 34.8 Å². The van der Waals surface area contributed by atoms with Gasteiger partial charge < -0.3 is 4.74 Å². The molecule has 0 atom stereocenters. The zero-order valence-electron chi connectivity index (χ0n) is 16.8. The van der Waals surface area contributed by atoms with Crippen molar-refractivity contribution in [2.45, 2.75) is 6.61 Å². The standard InChI is InChI=1S/C24H15Cl3N2O4/c25-16-4-1-3-14(9-16)13-33-21-8-7-18(27)10-15(21)11-20-22(30)28-24(32)29(23(20)31)19-6-2-5-17(26)12-19/h1-12H,13H2,(H,28,30,32)/b20-11+. The number of barbiturate groups is 1. The smallest absolute Gasteiger partial charge is 0.335 e. The van der Waals surface area contributed by atoms with Gasteiger partial charge in [0.05, 0.1) is 5.69 Å². The molecular formula is C24H15Cl3N2O4. The number of halogens is 3. The van der Waals surface area contributed by atoms with E-state index in [1.165, 1.54) is 18.2 Å². The molecule has 3 aromatic carbocycles. The maximum absolute atomic E-state index is 13.1. The van der Waals surface area contributed by atoms with Gasteiger partial charge in [-0.05, 0) is 60.2 Å². The fraction of sp³-hybridized carbons (Fsp3) is 0.0417. The van der Waals surface area contributed by atoms with Crippen molar-refractivity contribution in [3.63, 3.8) is 0 Å². The molecule has 0 radical (unpaired) electrons. The molecule has 1 heterocycles. The molecule has 4 rings (SSSR count). The van der Waals surface area contributed by atoms with E-state index in [2.05, 4.69) is 5.32 Å². The topological polar surface area (TPSA) is 75.7 Å². The Morgan fingerprint density at radius 3 is 2.27 bits per heavy atom. The number of hydrogen-bond acceptors (Lipinski definition) is 4. The van der Waals surface area contributed by atoms with E-state index in [-0.39, 0.29) is 17.9 Å². The number of hydrogen-bond donors (Lipinski definition) is 1. The number of carbonyl (C=O) groups is 3. The number of benzene rings is 3. The summed E-state index contributed by atoms with van der Waals surface area (Å²) in [7, 11) is 0. The molecule has 3 aromatic rings. The minimum atomic E-state index is -0.868. The zero-order chi connectivity index (χ0) is 23.5. The maximum atomic E-state index is 13.1. The number of imide groups is 2. The lowest BCUT2D eigenvalue weighted by Gasteiger charge is -2.26. The van der Waals surface area contributed by atoms with E-state index in [0.717, 1.165) is 10.5 Å². The molecule has 0 spiro atoms. The lowest BCUT2D eigenvalue weighted by molar-refractivity contribution is -0.122. The SMILES string of the molecule is O=C1NC(=O)N(c2cccc(Cl)c2)C(=O)/C1=C/c1cc(Cl)ccc1OCc1cccc(Cl)c1. The summed E-state index contributed by atoms with van der Waals surface area (Å²) < 4.78 is 5.89. The fourth-order valence-corrected chi connectivity index (χ4v) is 3.79. The summed E-state index contributed by atoms with van der Waals surface area (Å²) in [4.78, 5) is 38.9. The zero-order valence-corrected chi connectivity index (χ0v) is 19.1. The molecule has 1 aliphatic heterocycles. The molecule has 0 unspecified atom stereocenters. The quantitative estimate of drug-likeness (QED) is 0.349. The molecule has 4 amide bonds. The van der Waals surface area contributed by atoms with Gasteiger partial charge in [0.2, 0.25) is 0 Å². The lowest BCUT2D eigenvalue weighted by atomic mass is 10.1. The van der Waals surface area contributed by atoms with Crippen molar-refractivity contribution in [1.29, 1.82) is 0 Å². The van der Waals surface area contributed by atoms with E-state index in [9.17, 15) is 14.4 Å². The third-order valence-corrected chi connectivity index (χ3v) is 5.43. The van der Waals surface area contributed by atoms with Crippen LogP contribution in [0.2, 0.25) is 15.1 Å². The number of urea groups is 1. The Hall–Kier alpha value is -3.32. The van der Waals surface area contributed by atoms with Crippen LogP contribution in [0.1, 0.15) is 11.1 Å². The Labute approximate surface area is 204 Å². The molecule has 1 saturated heterocycles. The largest absolute Gasteiger partial charge is 0.488 e. The second-order valence-electron chi connectivity index (χ2n) is 7.04. The Kier molecular flexibility index (Phi) is 6.70. The molecule has 9 heteroatoms. The third-order valence-electron chi connectivity index (χ3n) is 4.72. The van der Waals surface area contributed by atoms with Crippen molar-refractivity contribution in [3.8, 4) is 5.75 Å². The molecule has 0 aromatic heterocycles. The number of nitrogens with zero attached hydrogens (tertiary/aromatic N) is 1. The minimum Gasteiger partial charge on any atom is -0.488 e. The second-order valence-corrected chi connectivity index (χ2v) is 8.35. The van der Waals surface area contributed by atoms with Crippen molar-refractivity contribution >= 4 is 64.4 Å².